The van der Waals surface area contributed by atoms with Crippen molar-refractivity contribution in [3.05, 3.63) is 11.5 Å². The molecule has 7 heteroatoms. The van der Waals surface area contributed by atoms with Crippen molar-refractivity contribution in [1.82, 2.24) is 15.3 Å². The van der Waals surface area contributed by atoms with Crippen LogP contribution in [0.2, 0.25) is 5.28 Å². The minimum Gasteiger partial charge on any atom is -0.394 e. The summed E-state index contributed by atoms with van der Waals surface area (Å²) < 4.78 is 0. The second-order valence-corrected chi connectivity index (χ2v) is 3.44. The van der Waals surface area contributed by atoms with Crippen molar-refractivity contribution >= 4 is 29.0 Å². The summed E-state index contributed by atoms with van der Waals surface area (Å²) in [7, 11) is 1.58. The molecule has 0 spiro atoms. The van der Waals surface area contributed by atoms with E-state index in [1.54, 1.807) is 11.9 Å². The van der Waals surface area contributed by atoms with E-state index in [4.69, 9.17) is 17.3 Å². The highest BCUT2D eigenvalue weighted by atomic mass is 35.5. The zero-order chi connectivity index (χ0) is 12.1. The van der Waals surface area contributed by atoms with E-state index in [1.807, 2.05) is 6.92 Å². The Kier molecular flexibility index (Phi) is 4.30. The molecule has 0 saturated heterocycles. The van der Waals surface area contributed by atoms with Gasteiger partial charge in [-0.25, -0.2) is 4.98 Å². The van der Waals surface area contributed by atoms with E-state index in [-0.39, 0.29) is 17.7 Å². The lowest BCUT2D eigenvalue weighted by atomic mass is 10.4. The molecule has 0 radical (unpaired) electrons. The lowest BCUT2D eigenvalue weighted by Gasteiger charge is -2.21. The Morgan fingerprint density at radius 3 is 2.94 bits per heavy atom. The van der Waals surface area contributed by atoms with Gasteiger partial charge in [0.2, 0.25) is 11.2 Å². The van der Waals surface area contributed by atoms with E-state index in [0.29, 0.717) is 18.1 Å². The predicted octanol–water partition coefficient (Wildman–Crippen LogP) is 0.285. The Morgan fingerprint density at radius 2 is 2.38 bits per heavy atom. The standard InChI is InChI=1S/C9H14ClN5O/c1-3-15(5-7(16)12-2)8-6(11)4-13-9(10)14-8/h4H,3,5,11H2,1-2H3,(H,12,16). The van der Waals surface area contributed by atoms with Crippen molar-refractivity contribution in [2.75, 3.05) is 30.8 Å². The van der Waals surface area contributed by atoms with Crippen LogP contribution >= 0.6 is 11.6 Å². The molecular formula is C9H14ClN5O. The van der Waals surface area contributed by atoms with Gasteiger partial charge in [-0.05, 0) is 18.5 Å². The lowest BCUT2D eigenvalue weighted by Crippen LogP contribution is -2.36. The number of halogens is 1. The van der Waals surface area contributed by atoms with Crippen LogP contribution in [0.25, 0.3) is 0 Å². The average molecular weight is 244 g/mol. The minimum absolute atomic E-state index is 0.111. The number of amides is 1. The van der Waals surface area contributed by atoms with Gasteiger partial charge in [0.1, 0.15) is 0 Å². The molecular weight excluding hydrogens is 230 g/mol. The Balaban J connectivity index is 2.94. The van der Waals surface area contributed by atoms with Gasteiger partial charge in [0.15, 0.2) is 5.82 Å². The van der Waals surface area contributed by atoms with Crippen molar-refractivity contribution < 1.29 is 4.79 Å². The second-order valence-electron chi connectivity index (χ2n) is 3.11. The summed E-state index contributed by atoms with van der Waals surface area (Å²) >= 11 is 5.68. The summed E-state index contributed by atoms with van der Waals surface area (Å²) in [6.07, 6.45) is 1.43. The van der Waals surface area contributed by atoms with Gasteiger partial charge in [-0.3, -0.25) is 4.79 Å². The molecule has 0 fully saturated rings. The van der Waals surface area contributed by atoms with Crippen LogP contribution in [0, 0.1) is 0 Å². The molecule has 1 amide bonds. The van der Waals surface area contributed by atoms with Crippen LogP contribution in [0.5, 0.6) is 0 Å². The lowest BCUT2D eigenvalue weighted by molar-refractivity contribution is -0.119. The van der Waals surface area contributed by atoms with Gasteiger partial charge in [0.25, 0.3) is 0 Å². The molecule has 0 bridgehead atoms. The van der Waals surface area contributed by atoms with Crippen molar-refractivity contribution in [2.45, 2.75) is 6.92 Å². The summed E-state index contributed by atoms with van der Waals surface area (Å²) in [5.74, 6) is 0.363. The van der Waals surface area contributed by atoms with Crippen molar-refractivity contribution in [3.63, 3.8) is 0 Å². The molecule has 16 heavy (non-hydrogen) atoms. The molecule has 1 aromatic rings. The van der Waals surface area contributed by atoms with Crippen LogP contribution < -0.4 is 16.0 Å². The largest absolute Gasteiger partial charge is 0.394 e. The molecule has 1 aromatic heterocycles. The first-order chi connectivity index (χ1) is 7.58. The van der Waals surface area contributed by atoms with Crippen LogP contribution in [0.1, 0.15) is 6.92 Å². The van der Waals surface area contributed by atoms with Crippen LogP contribution in [0.3, 0.4) is 0 Å². The topological polar surface area (TPSA) is 84.1 Å². The zero-order valence-electron chi connectivity index (χ0n) is 9.20. The molecule has 6 nitrogen and oxygen atoms in total. The summed E-state index contributed by atoms with van der Waals surface area (Å²) in [4.78, 5) is 20.8. The molecule has 1 heterocycles. The number of carbonyl (C=O) groups is 1. The maximum Gasteiger partial charge on any atom is 0.239 e. The van der Waals surface area contributed by atoms with Crippen molar-refractivity contribution in [3.8, 4) is 0 Å². The van der Waals surface area contributed by atoms with Gasteiger partial charge in [-0.1, -0.05) is 0 Å². The highest BCUT2D eigenvalue weighted by Gasteiger charge is 2.13. The van der Waals surface area contributed by atoms with E-state index in [0.717, 1.165) is 0 Å². The van der Waals surface area contributed by atoms with Crippen LogP contribution in [-0.4, -0.2) is 36.0 Å². The molecule has 0 aliphatic heterocycles. The number of nitrogens with one attached hydrogen (secondary N) is 1. The summed E-state index contributed by atoms with van der Waals surface area (Å²) in [6, 6.07) is 0. The Morgan fingerprint density at radius 1 is 1.69 bits per heavy atom. The third-order valence-electron chi connectivity index (χ3n) is 2.06. The van der Waals surface area contributed by atoms with Gasteiger partial charge in [0, 0.05) is 13.6 Å². The van der Waals surface area contributed by atoms with E-state index in [2.05, 4.69) is 15.3 Å². The van der Waals surface area contributed by atoms with E-state index in [9.17, 15) is 4.79 Å². The Labute approximate surface area is 98.8 Å². The second kappa shape index (κ2) is 5.50. The SMILES string of the molecule is CCN(CC(=O)NC)c1nc(Cl)ncc1N. The first-order valence-electron chi connectivity index (χ1n) is 4.82. The monoisotopic (exact) mass is 243 g/mol. The number of hydrogen-bond acceptors (Lipinski definition) is 5. The fraction of sp³-hybridized carbons (Fsp3) is 0.444. The Hall–Kier alpha value is -1.56. The maximum absolute atomic E-state index is 11.3. The zero-order valence-corrected chi connectivity index (χ0v) is 9.95. The number of nitrogens with zero attached hydrogens (tertiary/aromatic N) is 3. The maximum atomic E-state index is 11.3. The highest BCUT2D eigenvalue weighted by molar-refractivity contribution is 6.28. The fourth-order valence-electron chi connectivity index (χ4n) is 1.20. The normalized spacial score (nSPS) is 9.94. The number of nitrogen functional groups attached to an aromatic ring is 1. The number of nitrogens with two attached hydrogens (primary N) is 1. The van der Waals surface area contributed by atoms with Gasteiger partial charge in [0.05, 0.1) is 18.4 Å². The fourth-order valence-corrected chi connectivity index (χ4v) is 1.33. The van der Waals surface area contributed by atoms with E-state index < -0.39 is 0 Å². The number of likely N-dealkylation sites (N-methyl/N-ethyl adjacent to an activating group) is 2. The number of aromatic nitrogens is 2. The summed E-state index contributed by atoms with van der Waals surface area (Å²) in [6.45, 7) is 2.69. The smallest absolute Gasteiger partial charge is 0.239 e. The first-order valence-corrected chi connectivity index (χ1v) is 5.19. The predicted molar refractivity (Wildman–Crippen MR) is 63.4 cm³/mol. The third kappa shape index (κ3) is 2.96. The molecule has 3 N–H and O–H groups in total. The van der Waals surface area contributed by atoms with Crippen LogP contribution in [0.15, 0.2) is 6.20 Å². The molecule has 0 aromatic carbocycles. The number of hydrogen-bond donors (Lipinski definition) is 2. The average Bonchev–Trinajstić information content (AvgIpc) is 2.29. The first kappa shape index (κ1) is 12.5. The highest BCUT2D eigenvalue weighted by Crippen LogP contribution is 2.20. The van der Waals surface area contributed by atoms with Crippen LogP contribution in [-0.2, 0) is 4.79 Å². The number of anilines is 2. The van der Waals surface area contributed by atoms with Gasteiger partial charge >= 0.3 is 0 Å². The van der Waals surface area contributed by atoms with Gasteiger partial charge < -0.3 is 16.0 Å². The summed E-state index contributed by atoms with van der Waals surface area (Å²) in [5, 5.41) is 2.65. The Bertz CT molecular complexity index is 384. The quantitative estimate of drug-likeness (QED) is 0.743. The molecule has 0 unspecified atom stereocenters. The van der Waals surface area contributed by atoms with Gasteiger partial charge in [-0.15, -0.1) is 0 Å². The molecule has 88 valence electrons. The number of rotatable bonds is 4. The number of carbonyl (C=O) groups excluding carboxylic acids is 1. The van der Waals surface area contributed by atoms with E-state index >= 15 is 0 Å². The van der Waals surface area contributed by atoms with Crippen LogP contribution in [0.4, 0.5) is 11.5 Å². The molecule has 1 rings (SSSR count). The van der Waals surface area contributed by atoms with Crippen molar-refractivity contribution in [1.29, 1.82) is 0 Å². The molecule has 0 saturated carbocycles. The molecule has 0 aliphatic carbocycles. The van der Waals surface area contributed by atoms with E-state index in [1.165, 1.54) is 6.20 Å². The summed E-state index contributed by atoms with van der Waals surface area (Å²) in [5.41, 5.74) is 6.12. The molecule has 0 atom stereocenters. The van der Waals surface area contributed by atoms with Crippen molar-refractivity contribution in [2.24, 2.45) is 0 Å². The van der Waals surface area contributed by atoms with Gasteiger partial charge in [-0.2, -0.15) is 4.98 Å². The minimum atomic E-state index is -0.115. The molecule has 0 aliphatic rings. The third-order valence-corrected chi connectivity index (χ3v) is 2.24.